The molecule has 2 aromatic carbocycles. The highest BCUT2D eigenvalue weighted by molar-refractivity contribution is 5.64. The third-order valence-corrected chi connectivity index (χ3v) is 5.35. The molecule has 26 heavy (non-hydrogen) atoms. The highest BCUT2D eigenvalue weighted by Gasteiger charge is 2.31. The number of hydrogen-bond acceptors (Lipinski definition) is 1. The van der Waals surface area contributed by atoms with Gasteiger partial charge in [-0.2, -0.15) is 0 Å². The van der Waals surface area contributed by atoms with Gasteiger partial charge in [0.1, 0.15) is 5.75 Å². The second kappa shape index (κ2) is 8.15. The summed E-state index contributed by atoms with van der Waals surface area (Å²) in [6.07, 6.45) is 3.12. The normalized spacial score (nSPS) is 20.8. The molecule has 0 unspecified atom stereocenters. The van der Waals surface area contributed by atoms with E-state index in [1.807, 2.05) is 0 Å². The van der Waals surface area contributed by atoms with Crippen LogP contribution >= 0.6 is 0 Å². The first kappa shape index (κ1) is 18.8. The maximum Gasteiger partial charge on any atom is 0.573 e. The molecular formula is C22H25F3O. The topological polar surface area (TPSA) is 9.23 Å². The van der Waals surface area contributed by atoms with Crippen LogP contribution in [0, 0.1) is 5.92 Å². The molecule has 1 nitrogen and oxygen atoms in total. The molecule has 0 atom stereocenters. The van der Waals surface area contributed by atoms with E-state index in [1.54, 1.807) is 12.1 Å². The van der Waals surface area contributed by atoms with Crippen LogP contribution in [0.1, 0.15) is 56.9 Å². The van der Waals surface area contributed by atoms with Gasteiger partial charge in [0.05, 0.1) is 0 Å². The lowest BCUT2D eigenvalue weighted by Gasteiger charge is -2.28. The number of benzene rings is 2. The van der Waals surface area contributed by atoms with Crippen molar-refractivity contribution in [2.24, 2.45) is 5.92 Å². The van der Waals surface area contributed by atoms with Crippen LogP contribution in [-0.4, -0.2) is 6.36 Å². The van der Waals surface area contributed by atoms with E-state index in [1.165, 1.54) is 56.2 Å². The minimum atomic E-state index is -4.65. The molecule has 0 spiro atoms. The lowest BCUT2D eigenvalue weighted by atomic mass is 9.77. The molecule has 0 heterocycles. The minimum absolute atomic E-state index is 0.193. The largest absolute Gasteiger partial charge is 0.573 e. The second-order valence-corrected chi connectivity index (χ2v) is 7.20. The van der Waals surface area contributed by atoms with E-state index in [2.05, 4.69) is 35.9 Å². The Morgan fingerprint density at radius 1 is 0.846 bits per heavy atom. The average Bonchev–Trinajstić information content (AvgIpc) is 2.62. The van der Waals surface area contributed by atoms with E-state index in [9.17, 15) is 13.2 Å². The van der Waals surface area contributed by atoms with Crippen LogP contribution in [-0.2, 0) is 0 Å². The smallest absolute Gasteiger partial charge is 0.406 e. The summed E-state index contributed by atoms with van der Waals surface area (Å²) in [5, 5.41) is 0. The SMILES string of the molecule is CCC[C@H]1CC[C@H](c2ccc(-c3ccc(OC(F)(F)F)cc3)cc2)CC1. The van der Waals surface area contributed by atoms with Crippen molar-refractivity contribution in [2.45, 2.75) is 57.7 Å². The Morgan fingerprint density at radius 2 is 1.38 bits per heavy atom. The number of ether oxygens (including phenoxy) is 1. The van der Waals surface area contributed by atoms with Crippen molar-refractivity contribution in [3.63, 3.8) is 0 Å². The molecule has 1 saturated carbocycles. The summed E-state index contributed by atoms with van der Waals surface area (Å²) in [7, 11) is 0. The molecule has 1 fully saturated rings. The van der Waals surface area contributed by atoms with Crippen molar-refractivity contribution >= 4 is 0 Å². The van der Waals surface area contributed by atoms with Crippen LogP contribution in [0.2, 0.25) is 0 Å². The summed E-state index contributed by atoms with van der Waals surface area (Å²) in [5.41, 5.74) is 3.27. The average molecular weight is 362 g/mol. The van der Waals surface area contributed by atoms with Gasteiger partial charge in [-0.05, 0) is 66.3 Å². The van der Waals surface area contributed by atoms with Crippen LogP contribution < -0.4 is 4.74 Å². The maximum absolute atomic E-state index is 12.2. The number of alkyl halides is 3. The first-order valence-corrected chi connectivity index (χ1v) is 9.40. The fourth-order valence-corrected chi connectivity index (χ4v) is 3.99. The van der Waals surface area contributed by atoms with Crippen molar-refractivity contribution in [3.05, 3.63) is 54.1 Å². The van der Waals surface area contributed by atoms with E-state index < -0.39 is 6.36 Å². The number of hydrogen-bond donors (Lipinski definition) is 0. The lowest BCUT2D eigenvalue weighted by molar-refractivity contribution is -0.274. The minimum Gasteiger partial charge on any atom is -0.406 e. The Bertz CT molecular complexity index is 681. The number of rotatable bonds is 5. The molecule has 4 heteroatoms. The van der Waals surface area contributed by atoms with E-state index in [0.29, 0.717) is 5.92 Å². The van der Waals surface area contributed by atoms with E-state index in [4.69, 9.17) is 0 Å². The highest BCUT2D eigenvalue weighted by atomic mass is 19.4. The molecule has 0 amide bonds. The molecule has 0 bridgehead atoms. The molecule has 0 radical (unpaired) electrons. The quantitative estimate of drug-likeness (QED) is 0.541. The van der Waals surface area contributed by atoms with Crippen molar-refractivity contribution in [1.29, 1.82) is 0 Å². The molecule has 1 aliphatic rings. The molecule has 0 aromatic heterocycles. The predicted octanol–water partition coefficient (Wildman–Crippen LogP) is 7.33. The summed E-state index contributed by atoms with van der Waals surface area (Å²) in [5.74, 6) is 1.34. The van der Waals surface area contributed by atoms with Gasteiger partial charge in [0, 0.05) is 0 Å². The summed E-state index contributed by atoms with van der Waals surface area (Å²) in [6, 6.07) is 14.5. The third-order valence-electron chi connectivity index (χ3n) is 5.35. The van der Waals surface area contributed by atoms with Crippen molar-refractivity contribution in [2.75, 3.05) is 0 Å². The van der Waals surface area contributed by atoms with Gasteiger partial charge >= 0.3 is 6.36 Å². The molecule has 3 rings (SSSR count). The van der Waals surface area contributed by atoms with E-state index in [-0.39, 0.29) is 5.75 Å². The zero-order chi connectivity index (χ0) is 18.6. The Kier molecular flexibility index (Phi) is 5.90. The monoisotopic (exact) mass is 362 g/mol. The summed E-state index contributed by atoms with van der Waals surface area (Å²) < 4.78 is 40.6. The van der Waals surface area contributed by atoms with Gasteiger partial charge in [-0.15, -0.1) is 13.2 Å². The van der Waals surface area contributed by atoms with Gasteiger partial charge in [0.25, 0.3) is 0 Å². The molecule has 1 aliphatic carbocycles. The van der Waals surface area contributed by atoms with E-state index >= 15 is 0 Å². The summed E-state index contributed by atoms with van der Waals surface area (Å²) in [4.78, 5) is 0. The van der Waals surface area contributed by atoms with Gasteiger partial charge in [-0.1, -0.05) is 56.2 Å². The Labute approximate surface area is 153 Å². The lowest BCUT2D eigenvalue weighted by Crippen LogP contribution is -2.16. The van der Waals surface area contributed by atoms with Crippen LogP contribution in [0.3, 0.4) is 0 Å². The zero-order valence-corrected chi connectivity index (χ0v) is 15.1. The fraction of sp³-hybridized carbons (Fsp3) is 0.455. The van der Waals surface area contributed by atoms with Gasteiger partial charge in [0.2, 0.25) is 0 Å². The van der Waals surface area contributed by atoms with Crippen LogP contribution in [0.4, 0.5) is 13.2 Å². The van der Waals surface area contributed by atoms with Crippen molar-refractivity contribution in [1.82, 2.24) is 0 Å². The second-order valence-electron chi connectivity index (χ2n) is 7.20. The van der Waals surface area contributed by atoms with Crippen molar-refractivity contribution < 1.29 is 17.9 Å². The van der Waals surface area contributed by atoms with Gasteiger partial charge in [0.15, 0.2) is 0 Å². The maximum atomic E-state index is 12.2. The first-order valence-electron chi connectivity index (χ1n) is 9.40. The molecule has 0 saturated heterocycles. The zero-order valence-electron chi connectivity index (χ0n) is 15.1. The van der Waals surface area contributed by atoms with Gasteiger partial charge in [-0.3, -0.25) is 0 Å². The standard InChI is InChI=1S/C22H25F3O/c1-2-3-16-4-6-17(7-5-16)18-8-10-19(11-9-18)20-12-14-21(15-13-20)26-22(23,24)25/h8-17H,2-7H2,1H3/t16-,17-. The highest BCUT2D eigenvalue weighted by Crippen LogP contribution is 2.38. The Hall–Kier alpha value is -1.97. The Balaban J connectivity index is 1.63. The van der Waals surface area contributed by atoms with E-state index in [0.717, 1.165) is 17.0 Å². The molecule has 2 aromatic rings. The van der Waals surface area contributed by atoms with Crippen LogP contribution in [0.15, 0.2) is 48.5 Å². The Morgan fingerprint density at radius 3 is 1.88 bits per heavy atom. The first-order chi connectivity index (χ1) is 12.4. The van der Waals surface area contributed by atoms with Gasteiger partial charge in [-0.25, -0.2) is 0 Å². The fourth-order valence-electron chi connectivity index (χ4n) is 3.99. The molecule has 140 valence electrons. The molecular weight excluding hydrogens is 337 g/mol. The summed E-state index contributed by atoms with van der Waals surface area (Å²) >= 11 is 0. The van der Waals surface area contributed by atoms with Crippen molar-refractivity contribution in [3.8, 4) is 16.9 Å². The van der Waals surface area contributed by atoms with Crippen LogP contribution in [0.25, 0.3) is 11.1 Å². The third kappa shape index (κ3) is 5.03. The molecule has 0 aliphatic heterocycles. The number of halogens is 3. The molecule has 0 N–H and O–H groups in total. The van der Waals surface area contributed by atoms with Gasteiger partial charge < -0.3 is 4.74 Å². The van der Waals surface area contributed by atoms with Crippen LogP contribution in [0.5, 0.6) is 5.75 Å². The predicted molar refractivity (Wildman–Crippen MR) is 98.2 cm³/mol. The summed E-state index contributed by atoms with van der Waals surface area (Å²) in [6.45, 7) is 2.26.